The Labute approximate surface area is 168 Å². The van der Waals surface area contributed by atoms with Crippen LogP contribution in [-0.4, -0.2) is 29.6 Å². The summed E-state index contributed by atoms with van der Waals surface area (Å²) in [6, 6.07) is 24.9. The van der Waals surface area contributed by atoms with Crippen molar-refractivity contribution in [3.63, 3.8) is 0 Å². The first-order chi connectivity index (χ1) is 14.0. The van der Waals surface area contributed by atoms with E-state index >= 15 is 0 Å². The number of likely N-dealkylation sites (N-methyl/N-ethyl adjacent to an activating group) is 1. The van der Waals surface area contributed by atoms with Crippen LogP contribution in [0.5, 0.6) is 0 Å². The Hall–Kier alpha value is -3.99. The van der Waals surface area contributed by atoms with E-state index in [1.165, 1.54) is 19.2 Å². The van der Waals surface area contributed by atoms with Gasteiger partial charge in [-0.3, -0.25) is 14.4 Å². The average molecular weight is 385 g/mol. The Morgan fingerprint density at radius 3 is 1.66 bits per heavy atom. The van der Waals surface area contributed by atoms with Crippen LogP contribution in [0.2, 0.25) is 0 Å². The summed E-state index contributed by atoms with van der Waals surface area (Å²) < 4.78 is 0. The van der Waals surface area contributed by atoms with Crippen molar-refractivity contribution < 1.29 is 19.5 Å². The SMILES string of the molecule is CN(C(=O)C(=O)C(C(=O)c1ccccc1)=C(O)c1ccccc1)c1ccccc1. The zero-order valence-corrected chi connectivity index (χ0v) is 15.8. The first-order valence-electron chi connectivity index (χ1n) is 8.96. The normalized spacial score (nSPS) is 11.3. The number of hydrogen-bond acceptors (Lipinski definition) is 4. The van der Waals surface area contributed by atoms with Crippen molar-refractivity contribution in [2.75, 3.05) is 11.9 Å². The van der Waals surface area contributed by atoms with Gasteiger partial charge in [0, 0.05) is 23.9 Å². The molecular weight excluding hydrogens is 366 g/mol. The predicted molar refractivity (Wildman–Crippen MR) is 112 cm³/mol. The molecule has 5 heteroatoms. The lowest BCUT2D eigenvalue weighted by Gasteiger charge is -2.17. The van der Waals surface area contributed by atoms with Crippen LogP contribution >= 0.6 is 0 Å². The number of rotatable bonds is 6. The van der Waals surface area contributed by atoms with E-state index in [1.807, 2.05) is 0 Å². The van der Waals surface area contributed by atoms with Crippen LogP contribution in [0.25, 0.3) is 5.76 Å². The molecule has 1 N–H and O–H groups in total. The molecule has 0 aliphatic heterocycles. The summed E-state index contributed by atoms with van der Waals surface area (Å²) in [4.78, 5) is 40.1. The number of carbonyl (C=O) groups excluding carboxylic acids is 3. The van der Waals surface area contributed by atoms with Crippen LogP contribution in [0.4, 0.5) is 5.69 Å². The van der Waals surface area contributed by atoms with E-state index in [0.29, 0.717) is 5.69 Å². The van der Waals surface area contributed by atoms with E-state index in [0.717, 1.165) is 4.90 Å². The minimum Gasteiger partial charge on any atom is -0.506 e. The molecule has 5 nitrogen and oxygen atoms in total. The van der Waals surface area contributed by atoms with Crippen molar-refractivity contribution in [2.45, 2.75) is 0 Å². The van der Waals surface area contributed by atoms with Gasteiger partial charge in [-0.1, -0.05) is 78.9 Å². The Balaban J connectivity index is 2.07. The quantitative estimate of drug-likeness (QED) is 0.173. The minimum atomic E-state index is -1.08. The van der Waals surface area contributed by atoms with E-state index in [9.17, 15) is 19.5 Å². The second-order valence-electron chi connectivity index (χ2n) is 6.31. The third-order valence-electron chi connectivity index (χ3n) is 4.42. The van der Waals surface area contributed by atoms with Crippen LogP contribution in [0.3, 0.4) is 0 Å². The number of para-hydroxylation sites is 1. The summed E-state index contributed by atoms with van der Waals surface area (Å²) in [6.45, 7) is 0. The van der Waals surface area contributed by atoms with Crippen molar-refractivity contribution in [3.05, 3.63) is 108 Å². The number of benzene rings is 3. The molecule has 3 aromatic carbocycles. The highest BCUT2D eigenvalue weighted by molar-refractivity contribution is 6.54. The molecule has 0 bridgehead atoms. The van der Waals surface area contributed by atoms with E-state index in [-0.39, 0.29) is 11.1 Å². The summed E-state index contributed by atoms with van der Waals surface area (Å²) in [5.74, 6) is -3.24. The van der Waals surface area contributed by atoms with Crippen molar-refractivity contribution in [3.8, 4) is 0 Å². The fraction of sp³-hybridized carbons (Fsp3) is 0.0417. The molecule has 0 spiro atoms. The van der Waals surface area contributed by atoms with Crippen LogP contribution in [0, 0.1) is 0 Å². The molecule has 1 amide bonds. The Bertz CT molecular complexity index is 1060. The second kappa shape index (κ2) is 8.80. The van der Waals surface area contributed by atoms with Gasteiger partial charge in [-0.15, -0.1) is 0 Å². The van der Waals surface area contributed by atoms with Crippen LogP contribution in [0.1, 0.15) is 15.9 Å². The molecule has 29 heavy (non-hydrogen) atoms. The highest BCUT2D eigenvalue weighted by Gasteiger charge is 2.32. The highest BCUT2D eigenvalue weighted by Crippen LogP contribution is 2.22. The molecule has 0 aliphatic carbocycles. The van der Waals surface area contributed by atoms with Gasteiger partial charge < -0.3 is 10.0 Å². The first kappa shape index (κ1) is 19.8. The number of amides is 1. The maximum Gasteiger partial charge on any atom is 0.299 e. The van der Waals surface area contributed by atoms with Crippen molar-refractivity contribution in [2.24, 2.45) is 0 Å². The Morgan fingerprint density at radius 2 is 1.14 bits per heavy atom. The summed E-state index contributed by atoms with van der Waals surface area (Å²) >= 11 is 0. The first-order valence-corrected chi connectivity index (χ1v) is 8.96. The van der Waals surface area contributed by atoms with Gasteiger partial charge in [-0.25, -0.2) is 0 Å². The third kappa shape index (κ3) is 4.30. The van der Waals surface area contributed by atoms with Crippen molar-refractivity contribution >= 4 is 28.9 Å². The van der Waals surface area contributed by atoms with Gasteiger partial charge in [0.25, 0.3) is 11.7 Å². The van der Waals surface area contributed by atoms with E-state index in [4.69, 9.17) is 0 Å². The number of ketones is 2. The summed E-state index contributed by atoms with van der Waals surface area (Å²) in [5, 5.41) is 10.8. The fourth-order valence-corrected chi connectivity index (χ4v) is 2.82. The lowest BCUT2D eigenvalue weighted by atomic mass is 9.95. The summed E-state index contributed by atoms with van der Waals surface area (Å²) in [6.07, 6.45) is 0. The van der Waals surface area contributed by atoms with Crippen molar-refractivity contribution in [1.82, 2.24) is 0 Å². The van der Waals surface area contributed by atoms with Crippen LogP contribution in [-0.2, 0) is 9.59 Å². The van der Waals surface area contributed by atoms with Gasteiger partial charge in [0.1, 0.15) is 11.3 Å². The predicted octanol–water partition coefficient (Wildman–Crippen LogP) is 4.07. The number of carbonyl (C=O) groups is 3. The number of Topliss-reactive ketones (excluding diaryl/α,β-unsaturated/α-hetero) is 2. The fourth-order valence-electron chi connectivity index (χ4n) is 2.82. The van der Waals surface area contributed by atoms with Gasteiger partial charge in [0.15, 0.2) is 0 Å². The van der Waals surface area contributed by atoms with Crippen LogP contribution < -0.4 is 4.90 Å². The molecule has 0 aromatic heterocycles. The van der Waals surface area contributed by atoms with Gasteiger partial charge in [0.2, 0.25) is 5.78 Å². The maximum atomic E-state index is 13.1. The summed E-state index contributed by atoms with van der Waals surface area (Å²) in [7, 11) is 1.44. The van der Waals surface area contributed by atoms with E-state index in [2.05, 4.69) is 0 Å². The highest BCUT2D eigenvalue weighted by atomic mass is 16.3. The lowest BCUT2D eigenvalue weighted by molar-refractivity contribution is -0.133. The summed E-state index contributed by atoms with van der Waals surface area (Å²) in [5.41, 5.74) is 0.413. The number of aliphatic hydroxyl groups is 1. The number of aliphatic hydroxyl groups excluding tert-OH is 1. The molecule has 0 unspecified atom stereocenters. The smallest absolute Gasteiger partial charge is 0.299 e. The third-order valence-corrected chi connectivity index (χ3v) is 4.42. The molecule has 0 heterocycles. The largest absolute Gasteiger partial charge is 0.506 e. The van der Waals surface area contributed by atoms with Gasteiger partial charge in [-0.2, -0.15) is 0 Å². The molecule has 0 radical (unpaired) electrons. The van der Waals surface area contributed by atoms with Crippen LogP contribution in [0.15, 0.2) is 96.6 Å². The maximum absolute atomic E-state index is 13.1. The molecule has 0 saturated carbocycles. The molecule has 3 aromatic rings. The molecule has 0 saturated heterocycles. The standard InChI is InChI=1S/C24H19NO4/c1-25(19-15-9-4-10-16-19)24(29)23(28)20(21(26)17-11-5-2-6-12-17)22(27)18-13-7-3-8-14-18/h2-16,26H,1H3. The van der Waals surface area contributed by atoms with Gasteiger partial charge >= 0.3 is 0 Å². The molecular formula is C24H19NO4. The lowest BCUT2D eigenvalue weighted by Crippen LogP contribution is -2.36. The Morgan fingerprint density at radius 1 is 0.690 bits per heavy atom. The monoisotopic (exact) mass is 385 g/mol. The molecule has 0 aliphatic rings. The zero-order valence-electron chi connectivity index (χ0n) is 15.8. The zero-order chi connectivity index (χ0) is 20.8. The van der Waals surface area contributed by atoms with Gasteiger partial charge in [-0.05, 0) is 12.1 Å². The van der Waals surface area contributed by atoms with Crippen molar-refractivity contribution in [1.29, 1.82) is 0 Å². The number of anilines is 1. The second-order valence-corrected chi connectivity index (χ2v) is 6.31. The van der Waals surface area contributed by atoms with Gasteiger partial charge in [0.05, 0.1) is 0 Å². The molecule has 3 rings (SSSR count). The Kier molecular flexibility index (Phi) is 6.00. The topological polar surface area (TPSA) is 74.7 Å². The van der Waals surface area contributed by atoms with E-state index < -0.39 is 28.8 Å². The molecule has 144 valence electrons. The molecule has 0 fully saturated rings. The minimum absolute atomic E-state index is 0.202. The van der Waals surface area contributed by atoms with E-state index in [1.54, 1.807) is 78.9 Å². The number of nitrogens with zero attached hydrogens (tertiary/aromatic N) is 1. The number of hydrogen-bond donors (Lipinski definition) is 1. The molecule has 0 atom stereocenters. The average Bonchev–Trinajstić information content (AvgIpc) is 2.79.